The molecule has 0 saturated carbocycles. The third-order valence-corrected chi connectivity index (χ3v) is 1.26. The van der Waals surface area contributed by atoms with Crippen molar-refractivity contribution < 1.29 is 0 Å². The fraction of sp³-hybridized carbons (Fsp3) is 0.200. The Bertz CT molecular complexity index is 366. The molecule has 0 aliphatic heterocycles. The van der Waals surface area contributed by atoms with E-state index < -0.39 is 0 Å². The second-order valence-corrected chi connectivity index (χ2v) is 2.13. The Morgan fingerprint density at radius 2 is 2.83 bits per heavy atom. The van der Waals surface area contributed by atoms with Gasteiger partial charge in [-0.15, -0.1) is 0 Å². The van der Waals surface area contributed by atoms with E-state index in [-0.39, 0.29) is 5.69 Å². The standard InChI is InChI=1S/C5H7B2N4O/c1-11-3-2-4(8-5(11)12)9-7-10-6/h2-3,6H,1H3,(H,8,9,12)/i6D. The van der Waals surface area contributed by atoms with Gasteiger partial charge in [0.15, 0.2) is 0 Å². The molecule has 1 N–H and O–H groups in total. The molecular formula is C5H7B2N4O. The molecule has 0 atom stereocenters. The van der Waals surface area contributed by atoms with Crippen LogP contribution in [0.5, 0.6) is 0 Å². The van der Waals surface area contributed by atoms with Gasteiger partial charge in [-0.3, -0.25) is 0 Å². The Labute approximate surface area is 72.6 Å². The molecule has 12 heavy (non-hydrogen) atoms. The first kappa shape index (κ1) is 7.27. The van der Waals surface area contributed by atoms with Gasteiger partial charge in [0.2, 0.25) is 0 Å². The summed E-state index contributed by atoms with van der Waals surface area (Å²) >= 11 is 0. The summed E-state index contributed by atoms with van der Waals surface area (Å²) in [4.78, 5) is 18.1. The SMILES string of the molecule is [2H][B]N=BNc1ccn(C)c(=O)n1. The average Bonchev–Trinajstić information content (AvgIpc) is 2.12. The fourth-order valence-electron chi connectivity index (χ4n) is 0.649. The van der Waals surface area contributed by atoms with E-state index in [2.05, 4.69) is 15.0 Å². The van der Waals surface area contributed by atoms with Crippen molar-refractivity contribution in [1.82, 2.24) is 9.55 Å². The molecule has 0 aromatic carbocycles. The van der Waals surface area contributed by atoms with E-state index >= 15 is 0 Å². The van der Waals surface area contributed by atoms with Gasteiger partial charge in [-0.2, -0.15) is 0 Å². The molecule has 7 heteroatoms. The predicted octanol–water partition coefficient (Wildman–Crippen LogP) is -1.19. The van der Waals surface area contributed by atoms with Gasteiger partial charge in [-0.25, -0.2) is 0 Å². The van der Waals surface area contributed by atoms with Gasteiger partial charge in [0.05, 0.1) is 0 Å². The molecule has 0 bridgehead atoms. The summed E-state index contributed by atoms with van der Waals surface area (Å²) in [6, 6.07) is 1.64. The van der Waals surface area contributed by atoms with Crippen LogP contribution in [0, 0.1) is 0 Å². The Balaban J connectivity index is 2.74. The van der Waals surface area contributed by atoms with Crippen molar-refractivity contribution >= 4 is 21.0 Å². The second kappa shape index (κ2) is 3.85. The molecule has 0 amide bonds. The third-order valence-electron chi connectivity index (χ3n) is 1.26. The Morgan fingerprint density at radius 1 is 2.00 bits per heavy atom. The van der Waals surface area contributed by atoms with E-state index in [0.29, 0.717) is 5.82 Å². The molecule has 1 radical (unpaired) electrons. The molecule has 5 nitrogen and oxygen atoms in total. The minimum atomic E-state index is -0.340. The van der Waals surface area contributed by atoms with Crippen LogP contribution in [0.3, 0.4) is 0 Å². The van der Waals surface area contributed by atoms with Crippen LogP contribution >= 0.6 is 0 Å². The van der Waals surface area contributed by atoms with Crippen molar-refractivity contribution in [2.45, 2.75) is 0 Å². The van der Waals surface area contributed by atoms with Crippen LogP contribution in [0.15, 0.2) is 21.9 Å². The number of nitrogens with one attached hydrogen (secondary N) is 1. The van der Waals surface area contributed by atoms with E-state index in [4.69, 9.17) is 1.34 Å². The molecule has 1 aromatic rings. The molecule has 0 spiro atoms. The van der Waals surface area contributed by atoms with Gasteiger partial charge >= 0.3 is 71.7 Å². The molecule has 0 aliphatic rings. The van der Waals surface area contributed by atoms with Crippen LogP contribution in [0.1, 0.15) is 0 Å². The van der Waals surface area contributed by atoms with Crippen LogP contribution in [0.4, 0.5) is 5.82 Å². The van der Waals surface area contributed by atoms with E-state index in [1.807, 2.05) is 0 Å². The van der Waals surface area contributed by atoms with Crippen molar-refractivity contribution in [3.63, 3.8) is 0 Å². The zero-order chi connectivity index (χ0) is 9.68. The summed E-state index contributed by atoms with van der Waals surface area (Å²) in [5, 5.41) is 2.65. The van der Waals surface area contributed by atoms with Crippen LogP contribution in [0.25, 0.3) is 0 Å². The Morgan fingerprint density at radius 3 is 3.50 bits per heavy atom. The zero-order valence-corrected chi connectivity index (χ0v) is 6.56. The van der Waals surface area contributed by atoms with E-state index in [1.165, 1.54) is 11.8 Å². The summed E-state index contributed by atoms with van der Waals surface area (Å²) in [7, 11) is 3.79. The van der Waals surface area contributed by atoms with Crippen molar-refractivity contribution in [3.8, 4) is 0 Å². The second-order valence-electron chi connectivity index (χ2n) is 2.13. The Hall–Kier alpha value is -1.39. The van der Waals surface area contributed by atoms with E-state index in [0.717, 1.165) is 7.94 Å². The molecule has 0 saturated heterocycles. The zero-order valence-electron chi connectivity index (χ0n) is 7.56. The van der Waals surface area contributed by atoms with Crippen LogP contribution in [-0.4, -0.2) is 26.0 Å². The van der Waals surface area contributed by atoms with Gasteiger partial charge in [0, 0.05) is 0 Å². The molecule has 0 unspecified atom stereocenters. The van der Waals surface area contributed by atoms with E-state index in [9.17, 15) is 4.79 Å². The maximum atomic E-state index is 11.0. The molecule has 0 aliphatic carbocycles. The van der Waals surface area contributed by atoms with Crippen LogP contribution < -0.4 is 10.9 Å². The minimum absolute atomic E-state index is 0.340. The first-order chi connectivity index (χ1) is 6.24. The monoisotopic (exact) mass is 162 g/mol. The quantitative estimate of drug-likeness (QED) is 0.568. The summed E-state index contributed by atoms with van der Waals surface area (Å²) in [6.45, 7) is 0. The van der Waals surface area contributed by atoms with Crippen molar-refractivity contribution in [3.05, 3.63) is 22.7 Å². The van der Waals surface area contributed by atoms with Crippen LogP contribution in [-0.2, 0) is 7.05 Å². The summed E-state index contributed by atoms with van der Waals surface area (Å²) in [6.07, 6.45) is 1.59. The topological polar surface area (TPSA) is 59.3 Å². The van der Waals surface area contributed by atoms with E-state index in [1.54, 1.807) is 19.3 Å². The van der Waals surface area contributed by atoms with Crippen LogP contribution in [0.2, 0.25) is 0 Å². The molecule has 1 rings (SSSR count). The number of hydrogen-bond donors (Lipinski definition) is 1. The number of anilines is 1. The van der Waals surface area contributed by atoms with Gasteiger partial charge in [0.25, 0.3) is 0 Å². The molecule has 59 valence electrons. The first-order valence-electron chi connectivity index (χ1n) is 3.83. The van der Waals surface area contributed by atoms with Gasteiger partial charge in [-0.1, -0.05) is 0 Å². The number of nitrogens with zero attached hydrogens (tertiary/aromatic N) is 3. The number of aryl methyl sites for hydroxylation is 1. The number of rotatable bonds is 3. The maximum absolute atomic E-state index is 11.0. The number of hydrogen-bond acceptors (Lipinski definition) is 3. The fourth-order valence-corrected chi connectivity index (χ4v) is 0.649. The van der Waals surface area contributed by atoms with Gasteiger partial charge in [-0.05, 0) is 0 Å². The first-order valence-corrected chi connectivity index (χ1v) is 3.26. The normalized spacial score (nSPS) is 10.6. The predicted molar refractivity (Wildman–Crippen MR) is 48.4 cm³/mol. The summed E-state index contributed by atoms with van der Waals surface area (Å²) in [5.74, 6) is 0.411. The molecule has 0 fully saturated rings. The molecule has 1 heterocycles. The Kier molecular flexibility index (Phi) is 2.33. The van der Waals surface area contributed by atoms with Crippen molar-refractivity contribution in [2.24, 2.45) is 11.9 Å². The molecular weight excluding hydrogens is 154 g/mol. The van der Waals surface area contributed by atoms with Crippen molar-refractivity contribution in [1.29, 1.82) is 1.34 Å². The van der Waals surface area contributed by atoms with Crippen molar-refractivity contribution in [2.75, 3.05) is 5.23 Å². The molecule has 1 aromatic heterocycles. The average molecular weight is 162 g/mol. The van der Waals surface area contributed by atoms with Gasteiger partial charge < -0.3 is 0 Å². The number of aromatic nitrogens is 2. The third kappa shape index (κ3) is 2.05. The summed E-state index contributed by atoms with van der Waals surface area (Å²) in [5.41, 5.74) is -0.340. The van der Waals surface area contributed by atoms with Gasteiger partial charge in [0.1, 0.15) is 0 Å². The summed E-state index contributed by atoms with van der Waals surface area (Å²) < 4.78 is 7.96.